The van der Waals surface area contributed by atoms with Crippen molar-refractivity contribution in [1.82, 2.24) is 0 Å². The minimum absolute atomic E-state index is 0.136. The zero-order valence-electron chi connectivity index (χ0n) is 19.5. The molecular formula is C23H40O8. The molecule has 0 bridgehead atoms. The minimum Gasteiger partial charge on any atom is -0.481 e. The topological polar surface area (TPSA) is 116 Å². The molecule has 2 unspecified atom stereocenters. The van der Waals surface area contributed by atoms with Gasteiger partial charge in [0.1, 0.15) is 13.2 Å². The van der Waals surface area contributed by atoms with Gasteiger partial charge in [-0.3, -0.25) is 19.2 Å². The number of ether oxygens (including phenoxy) is 3. The summed E-state index contributed by atoms with van der Waals surface area (Å²) < 4.78 is 15.5. The van der Waals surface area contributed by atoms with Crippen LogP contribution in [-0.2, 0) is 33.4 Å². The molecule has 0 heterocycles. The van der Waals surface area contributed by atoms with E-state index in [-0.39, 0.29) is 37.9 Å². The number of esters is 3. The van der Waals surface area contributed by atoms with Gasteiger partial charge in [0.2, 0.25) is 0 Å². The van der Waals surface area contributed by atoms with Crippen molar-refractivity contribution in [1.29, 1.82) is 0 Å². The number of aliphatic carboxylic acids is 1. The Morgan fingerprint density at radius 2 is 1.13 bits per heavy atom. The van der Waals surface area contributed by atoms with E-state index in [9.17, 15) is 19.2 Å². The number of carbonyl (C=O) groups is 4. The van der Waals surface area contributed by atoms with E-state index in [1.54, 1.807) is 27.7 Å². The third kappa shape index (κ3) is 15.3. The summed E-state index contributed by atoms with van der Waals surface area (Å²) in [6.45, 7) is 6.58. The highest BCUT2D eigenvalue weighted by Crippen LogP contribution is 2.16. The lowest BCUT2D eigenvalue weighted by molar-refractivity contribution is -0.169. The molecule has 0 fully saturated rings. The van der Waals surface area contributed by atoms with Crippen LogP contribution in [0.4, 0.5) is 0 Å². The fourth-order valence-corrected chi connectivity index (χ4v) is 2.82. The molecule has 0 saturated heterocycles. The van der Waals surface area contributed by atoms with Gasteiger partial charge in [0.15, 0.2) is 6.10 Å². The Labute approximate surface area is 186 Å². The fourth-order valence-electron chi connectivity index (χ4n) is 2.82. The first-order valence-electron chi connectivity index (χ1n) is 11.5. The molecule has 31 heavy (non-hydrogen) atoms. The lowest BCUT2D eigenvalue weighted by atomic mass is 10.00. The molecule has 0 aromatic carbocycles. The summed E-state index contributed by atoms with van der Waals surface area (Å²) in [5, 5.41) is 8.86. The smallest absolute Gasteiger partial charge is 0.309 e. The molecule has 0 rings (SSSR count). The predicted octanol–water partition coefficient (Wildman–Crippen LogP) is 4.28. The summed E-state index contributed by atoms with van der Waals surface area (Å²) in [7, 11) is 0. The van der Waals surface area contributed by atoms with E-state index in [2.05, 4.69) is 0 Å². The molecule has 2 atom stereocenters. The number of carboxylic acid groups (broad SMARTS) is 1. The summed E-state index contributed by atoms with van der Waals surface area (Å²) in [5.41, 5.74) is 0. The molecule has 0 saturated carbocycles. The first-order valence-corrected chi connectivity index (χ1v) is 11.5. The molecule has 8 heteroatoms. The van der Waals surface area contributed by atoms with Gasteiger partial charge in [-0.15, -0.1) is 0 Å². The second-order valence-electron chi connectivity index (χ2n) is 7.97. The third-order valence-corrected chi connectivity index (χ3v) is 5.07. The second-order valence-corrected chi connectivity index (χ2v) is 7.97. The predicted molar refractivity (Wildman–Crippen MR) is 115 cm³/mol. The zero-order valence-corrected chi connectivity index (χ0v) is 19.5. The van der Waals surface area contributed by atoms with Gasteiger partial charge in [-0.1, -0.05) is 66.2 Å². The van der Waals surface area contributed by atoms with Crippen LogP contribution in [0.5, 0.6) is 0 Å². The molecule has 1 N–H and O–H groups in total. The Hall–Kier alpha value is -2.12. The van der Waals surface area contributed by atoms with Crippen molar-refractivity contribution in [2.75, 3.05) is 13.2 Å². The maximum absolute atomic E-state index is 12.4. The van der Waals surface area contributed by atoms with E-state index < -0.39 is 30.0 Å². The van der Waals surface area contributed by atoms with Gasteiger partial charge in [0.25, 0.3) is 0 Å². The van der Waals surface area contributed by atoms with Gasteiger partial charge >= 0.3 is 23.9 Å². The van der Waals surface area contributed by atoms with Crippen molar-refractivity contribution in [3.05, 3.63) is 0 Å². The van der Waals surface area contributed by atoms with Crippen LogP contribution in [0, 0.1) is 11.8 Å². The van der Waals surface area contributed by atoms with Crippen LogP contribution in [0.1, 0.15) is 91.9 Å². The number of carboxylic acids is 1. The van der Waals surface area contributed by atoms with E-state index in [1.165, 1.54) is 0 Å². The summed E-state index contributed by atoms with van der Waals surface area (Å²) in [6.07, 6.45) is 6.94. The van der Waals surface area contributed by atoms with Crippen molar-refractivity contribution in [2.24, 2.45) is 11.8 Å². The number of hydrogen-bond donors (Lipinski definition) is 1. The first-order chi connectivity index (χ1) is 14.7. The Morgan fingerprint density at radius 3 is 1.55 bits per heavy atom. The van der Waals surface area contributed by atoms with Crippen LogP contribution in [0.3, 0.4) is 0 Å². The highest BCUT2D eigenvalue weighted by Gasteiger charge is 2.22. The SMILES string of the molecule is CCC(=O)OCC(COC(=O)CC)OC(=O)C(C)CCCCCCCCC(C)C(=O)O. The minimum atomic E-state index is -0.811. The third-order valence-electron chi connectivity index (χ3n) is 5.07. The van der Waals surface area contributed by atoms with Gasteiger partial charge in [0, 0.05) is 12.8 Å². The molecule has 0 aromatic heterocycles. The normalized spacial score (nSPS) is 12.8. The molecule has 0 radical (unpaired) electrons. The largest absolute Gasteiger partial charge is 0.481 e. The fraction of sp³-hybridized carbons (Fsp3) is 0.826. The van der Waals surface area contributed by atoms with Crippen LogP contribution in [0.15, 0.2) is 0 Å². The average molecular weight is 445 g/mol. The second kappa shape index (κ2) is 17.5. The quantitative estimate of drug-likeness (QED) is 0.189. The number of unbranched alkanes of at least 4 members (excludes halogenated alkanes) is 5. The van der Waals surface area contributed by atoms with Gasteiger partial charge in [-0.25, -0.2) is 0 Å². The Kier molecular flexibility index (Phi) is 16.3. The number of hydrogen-bond acceptors (Lipinski definition) is 7. The highest BCUT2D eigenvalue weighted by atomic mass is 16.6. The van der Waals surface area contributed by atoms with Crippen LogP contribution in [-0.4, -0.2) is 48.3 Å². The highest BCUT2D eigenvalue weighted by molar-refractivity contribution is 5.72. The standard InChI is InChI=1S/C23H40O8/c1-5-20(24)29-15-19(16-30-21(25)6-2)31-23(28)18(4)14-12-10-8-7-9-11-13-17(3)22(26)27/h17-19H,5-16H2,1-4H3,(H,26,27). The van der Waals surface area contributed by atoms with E-state index in [1.807, 2.05) is 0 Å². The van der Waals surface area contributed by atoms with Crippen molar-refractivity contribution in [3.8, 4) is 0 Å². The number of carbonyl (C=O) groups excluding carboxylic acids is 3. The first kappa shape index (κ1) is 28.9. The molecule has 0 aliphatic rings. The van der Waals surface area contributed by atoms with E-state index in [0.717, 1.165) is 38.5 Å². The van der Waals surface area contributed by atoms with E-state index in [0.29, 0.717) is 12.8 Å². The molecule has 180 valence electrons. The summed E-state index contributed by atoms with van der Waals surface area (Å²) in [5.74, 6) is -2.54. The lowest BCUT2D eigenvalue weighted by Gasteiger charge is -2.20. The van der Waals surface area contributed by atoms with Crippen molar-refractivity contribution < 1.29 is 38.5 Å². The Balaban J connectivity index is 4.14. The van der Waals surface area contributed by atoms with Gasteiger partial charge in [-0.2, -0.15) is 0 Å². The van der Waals surface area contributed by atoms with Crippen LogP contribution < -0.4 is 0 Å². The average Bonchev–Trinajstić information content (AvgIpc) is 2.75. The lowest BCUT2D eigenvalue weighted by Crippen LogP contribution is -2.32. The monoisotopic (exact) mass is 444 g/mol. The van der Waals surface area contributed by atoms with Gasteiger partial charge in [0.05, 0.1) is 11.8 Å². The molecule has 0 aliphatic heterocycles. The van der Waals surface area contributed by atoms with Crippen molar-refractivity contribution in [2.45, 2.75) is 98.0 Å². The van der Waals surface area contributed by atoms with E-state index >= 15 is 0 Å². The maximum atomic E-state index is 12.4. The molecule has 8 nitrogen and oxygen atoms in total. The molecular weight excluding hydrogens is 404 g/mol. The Bertz CT molecular complexity index is 526. The summed E-state index contributed by atoms with van der Waals surface area (Å²) in [4.78, 5) is 45.9. The summed E-state index contributed by atoms with van der Waals surface area (Å²) in [6, 6.07) is 0. The number of rotatable bonds is 18. The van der Waals surface area contributed by atoms with Crippen LogP contribution in [0.2, 0.25) is 0 Å². The molecule has 0 aliphatic carbocycles. The van der Waals surface area contributed by atoms with Gasteiger partial charge in [-0.05, 0) is 12.8 Å². The Morgan fingerprint density at radius 1 is 0.710 bits per heavy atom. The molecule has 0 aromatic rings. The van der Waals surface area contributed by atoms with Gasteiger partial charge < -0.3 is 19.3 Å². The summed E-state index contributed by atoms with van der Waals surface area (Å²) >= 11 is 0. The van der Waals surface area contributed by atoms with E-state index in [4.69, 9.17) is 19.3 Å². The maximum Gasteiger partial charge on any atom is 0.309 e. The van der Waals surface area contributed by atoms with Crippen LogP contribution >= 0.6 is 0 Å². The molecule has 0 amide bonds. The van der Waals surface area contributed by atoms with Crippen molar-refractivity contribution in [3.63, 3.8) is 0 Å². The zero-order chi connectivity index (χ0) is 23.6. The van der Waals surface area contributed by atoms with Crippen molar-refractivity contribution >= 4 is 23.9 Å². The molecule has 0 spiro atoms. The van der Waals surface area contributed by atoms with Crippen LogP contribution in [0.25, 0.3) is 0 Å².